The van der Waals surface area contributed by atoms with E-state index in [-0.39, 0.29) is 11.5 Å². The van der Waals surface area contributed by atoms with Crippen molar-refractivity contribution in [3.8, 4) is 17.2 Å². The van der Waals surface area contributed by atoms with Gasteiger partial charge < -0.3 is 10.4 Å². The molecule has 0 aliphatic rings. The molecule has 27 heavy (non-hydrogen) atoms. The van der Waals surface area contributed by atoms with Gasteiger partial charge in [0.05, 0.1) is 5.71 Å². The van der Waals surface area contributed by atoms with Crippen molar-refractivity contribution in [2.45, 2.75) is 39.5 Å². The number of H-pyrrole nitrogens is 1. The Hall–Kier alpha value is -3.02. The number of hydrogen-bond acceptors (Lipinski definition) is 4. The number of nitrogens with zero attached hydrogens (tertiary/aromatic N) is 3. The lowest BCUT2D eigenvalue weighted by molar-refractivity contribution is 0.561. The Balaban J connectivity index is 2.15. The minimum absolute atomic E-state index is 0.0661. The van der Waals surface area contributed by atoms with Gasteiger partial charge in [-0.2, -0.15) is 4.98 Å². The van der Waals surface area contributed by atoms with E-state index >= 15 is 0 Å². The number of aromatic nitrogens is 4. The van der Waals surface area contributed by atoms with Gasteiger partial charge in [-0.25, -0.2) is 9.55 Å². The summed E-state index contributed by atoms with van der Waals surface area (Å²) in [6.07, 6.45) is 5.81. The molecule has 0 fully saturated rings. The van der Waals surface area contributed by atoms with Crippen LogP contribution < -0.4 is 5.62 Å². The first-order valence-electron chi connectivity index (χ1n) is 9.49. The van der Waals surface area contributed by atoms with Gasteiger partial charge in [-0.1, -0.05) is 57.0 Å². The predicted molar refractivity (Wildman–Crippen MR) is 107 cm³/mol. The molecule has 0 aliphatic carbocycles. The van der Waals surface area contributed by atoms with E-state index in [1.807, 2.05) is 42.5 Å². The van der Waals surface area contributed by atoms with Crippen molar-refractivity contribution < 1.29 is 0 Å². The van der Waals surface area contributed by atoms with E-state index in [2.05, 4.69) is 23.8 Å². The van der Waals surface area contributed by atoms with Crippen molar-refractivity contribution in [1.29, 1.82) is 10.8 Å². The Labute approximate surface area is 159 Å². The van der Waals surface area contributed by atoms with Crippen LogP contribution in [0.25, 0.3) is 17.2 Å². The SMILES string of the molecule is CCCCC(CC)C(=N)c1nc(-c2ccccc2)nc(=N)n1-c1ccc[nH]1. The van der Waals surface area contributed by atoms with Crippen molar-refractivity contribution in [2.75, 3.05) is 0 Å². The van der Waals surface area contributed by atoms with Crippen LogP contribution in [0.2, 0.25) is 0 Å². The monoisotopic (exact) mass is 362 g/mol. The first kappa shape index (κ1) is 18.8. The third-order valence-corrected chi connectivity index (χ3v) is 4.75. The van der Waals surface area contributed by atoms with Crippen molar-refractivity contribution >= 4 is 5.71 Å². The number of nitrogens with one attached hydrogen (secondary N) is 3. The van der Waals surface area contributed by atoms with Crippen LogP contribution in [-0.4, -0.2) is 25.2 Å². The van der Waals surface area contributed by atoms with E-state index in [1.165, 1.54) is 0 Å². The Morgan fingerprint density at radius 1 is 1.11 bits per heavy atom. The van der Waals surface area contributed by atoms with Crippen LogP contribution in [0.5, 0.6) is 0 Å². The molecule has 1 aromatic carbocycles. The molecule has 0 amide bonds. The van der Waals surface area contributed by atoms with Crippen LogP contribution in [0.15, 0.2) is 48.7 Å². The normalized spacial score (nSPS) is 12.1. The van der Waals surface area contributed by atoms with Crippen LogP contribution in [0.4, 0.5) is 0 Å². The summed E-state index contributed by atoms with van der Waals surface area (Å²) in [7, 11) is 0. The molecule has 6 heteroatoms. The van der Waals surface area contributed by atoms with Crippen LogP contribution in [0.1, 0.15) is 45.4 Å². The highest BCUT2D eigenvalue weighted by atomic mass is 15.2. The molecule has 0 saturated heterocycles. The third-order valence-electron chi connectivity index (χ3n) is 4.75. The van der Waals surface area contributed by atoms with Gasteiger partial charge in [0, 0.05) is 17.7 Å². The topological polar surface area (TPSA) is 94.2 Å². The van der Waals surface area contributed by atoms with E-state index < -0.39 is 0 Å². The zero-order chi connectivity index (χ0) is 19.2. The average Bonchev–Trinajstić information content (AvgIpc) is 3.22. The highest BCUT2D eigenvalue weighted by Crippen LogP contribution is 2.20. The standard InChI is InChI=1S/C21H26N6/c1-3-5-10-15(4-2)18(22)20-25-19(16-11-7-6-8-12-16)26-21(23)27(20)17-13-9-14-24-17/h6-9,11-15,22-24H,3-5,10H2,1-2H3. The molecule has 0 bridgehead atoms. The van der Waals surface area contributed by atoms with E-state index in [0.29, 0.717) is 23.2 Å². The molecule has 2 aromatic heterocycles. The van der Waals surface area contributed by atoms with Crippen molar-refractivity contribution in [3.05, 3.63) is 60.1 Å². The maximum atomic E-state index is 8.86. The van der Waals surface area contributed by atoms with E-state index in [1.54, 1.807) is 10.8 Å². The van der Waals surface area contributed by atoms with E-state index in [9.17, 15) is 0 Å². The molecule has 3 rings (SSSR count). The second kappa shape index (κ2) is 8.58. The van der Waals surface area contributed by atoms with Crippen LogP contribution in [0, 0.1) is 16.7 Å². The molecular weight excluding hydrogens is 336 g/mol. The Morgan fingerprint density at radius 2 is 1.89 bits per heavy atom. The molecule has 0 spiro atoms. The van der Waals surface area contributed by atoms with Crippen LogP contribution in [0.3, 0.4) is 0 Å². The number of rotatable bonds is 8. The lowest BCUT2D eigenvalue weighted by Crippen LogP contribution is -2.32. The number of aromatic amines is 1. The smallest absolute Gasteiger partial charge is 0.231 e. The van der Waals surface area contributed by atoms with Crippen molar-refractivity contribution in [3.63, 3.8) is 0 Å². The zero-order valence-corrected chi connectivity index (χ0v) is 15.9. The fourth-order valence-electron chi connectivity index (χ4n) is 3.20. The average molecular weight is 362 g/mol. The maximum Gasteiger partial charge on any atom is 0.231 e. The van der Waals surface area contributed by atoms with Crippen molar-refractivity contribution in [2.24, 2.45) is 5.92 Å². The van der Waals surface area contributed by atoms with Crippen LogP contribution in [-0.2, 0) is 0 Å². The fraction of sp³-hybridized carbons (Fsp3) is 0.333. The largest absolute Gasteiger partial charge is 0.348 e. The second-order valence-electron chi connectivity index (χ2n) is 6.61. The van der Waals surface area contributed by atoms with E-state index in [0.717, 1.165) is 31.2 Å². The molecule has 6 nitrogen and oxygen atoms in total. The Bertz CT molecular complexity index is 941. The fourth-order valence-corrected chi connectivity index (χ4v) is 3.20. The Morgan fingerprint density at radius 3 is 2.52 bits per heavy atom. The van der Waals surface area contributed by atoms with Gasteiger partial charge >= 0.3 is 0 Å². The molecule has 140 valence electrons. The van der Waals surface area contributed by atoms with Gasteiger partial charge in [-0.3, -0.25) is 5.41 Å². The molecule has 0 radical (unpaired) electrons. The van der Waals surface area contributed by atoms with Gasteiger partial charge in [0.15, 0.2) is 11.6 Å². The van der Waals surface area contributed by atoms with Gasteiger partial charge in [0.2, 0.25) is 5.62 Å². The van der Waals surface area contributed by atoms with Crippen LogP contribution >= 0.6 is 0 Å². The minimum Gasteiger partial charge on any atom is -0.348 e. The summed E-state index contributed by atoms with van der Waals surface area (Å²) in [5, 5.41) is 17.4. The first-order valence-corrected chi connectivity index (χ1v) is 9.49. The molecule has 0 saturated carbocycles. The zero-order valence-electron chi connectivity index (χ0n) is 15.9. The van der Waals surface area contributed by atoms with Gasteiger partial charge in [-0.05, 0) is 25.0 Å². The van der Waals surface area contributed by atoms with Gasteiger partial charge in [-0.15, -0.1) is 0 Å². The summed E-state index contributed by atoms with van der Waals surface area (Å²) in [5.74, 6) is 1.78. The summed E-state index contributed by atoms with van der Waals surface area (Å²) in [4.78, 5) is 12.2. The summed E-state index contributed by atoms with van der Waals surface area (Å²) in [5.41, 5.74) is 1.38. The lowest BCUT2D eigenvalue weighted by Gasteiger charge is -2.19. The molecule has 1 unspecified atom stereocenters. The molecule has 3 N–H and O–H groups in total. The van der Waals surface area contributed by atoms with Gasteiger partial charge in [0.1, 0.15) is 5.82 Å². The minimum atomic E-state index is 0.0661. The van der Waals surface area contributed by atoms with E-state index in [4.69, 9.17) is 15.8 Å². The number of hydrogen-bond donors (Lipinski definition) is 3. The molecule has 3 aromatic rings. The highest BCUT2D eigenvalue weighted by molar-refractivity contribution is 5.97. The molecule has 0 aliphatic heterocycles. The maximum absolute atomic E-state index is 8.86. The molecular formula is C21H26N6. The number of benzene rings is 1. The number of unbranched alkanes of at least 4 members (excludes halogenated alkanes) is 1. The Kier molecular flexibility index (Phi) is 5.96. The third kappa shape index (κ3) is 4.05. The molecule has 2 heterocycles. The summed E-state index contributed by atoms with van der Waals surface area (Å²) in [6.45, 7) is 4.27. The van der Waals surface area contributed by atoms with Crippen molar-refractivity contribution in [1.82, 2.24) is 19.5 Å². The first-order chi connectivity index (χ1) is 13.2. The second-order valence-corrected chi connectivity index (χ2v) is 6.61. The van der Waals surface area contributed by atoms with Gasteiger partial charge in [0.25, 0.3) is 0 Å². The quantitative estimate of drug-likeness (QED) is 0.520. The highest BCUT2D eigenvalue weighted by Gasteiger charge is 2.21. The summed E-state index contributed by atoms with van der Waals surface area (Å²) < 4.78 is 1.63. The molecule has 1 atom stereocenters. The predicted octanol–water partition coefficient (Wildman–Crippen LogP) is 4.33. The summed E-state index contributed by atoms with van der Waals surface area (Å²) in [6, 6.07) is 13.4. The summed E-state index contributed by atoms with van der Waals surface area (Å²) >= 11 is 0. The lowest BCUT2D eigenvalue weighted by atomic mass is 9.93.